The number of ether oxygens (including phenoxy) is 1. The SMILES string of the molecule is CCCC(C)c1ccc(-c2ccc(C(=O)Oc3ccc(CC)cc3)cc2)cc1. The summed E-state index contributed by atoms with van der Waals surface area (Å²) in [7, 11) is 0. The Kier molecular flexibility index (Phi) is 6.65. The first-order chi connectivity index (χ1) is 13.6. The van der Waals surface area contributed by atoms with Crippen LogP contribution in [-0.2, 0) is 6.42 Å². The summed E-state index contributed by atoms with van der Waals surface area (Å²) in [4.78, 5) is 12.4. The highest BCUT2D eigenvalue weighted by atomic mass is 16.5. The fourth-order valence-electron chi connectivity index (χ4n) is 3.36. The molecule has 0 N–H and O–H groups in total. The van der Waals surface area contributed by atoms with Crippen LogP contribution in [0.4, 0.5) is 0 Å². The van der Waals surface area contributed by atoms with E-state index in [0.29, 0.717) is 17.2 Å². The van der Waals surface area contributed by atoms with E-state index in [4.69, 9.17) is 4.74 Å². The topological polar surface area (TPSA) is 26.3 Å². The van der Waals surface area contributed by atoms with E-state index in [9.17, 15) is 4.79 Å². The largest absolute Gasteiger partial charge is 0.423 e. The second-order valence-electron chi connectivity index (χ2n) is 7.28. The van der Waals surface area contributed by atoms with E-state index >= 15 is 0 Å². The maximum Gasteiger partial charge on any atom is 0.343 e. The van der Waals surface area contributed by atoms with Crippen molar-refractivity contribution in [1.29, 1.82) is 0 Å². The molecule has 2 heteroatoms. The van der Waals surface area contributed by atoms with Gasteiger partial charge in [0.15, 0.2) is 0 Å². The van der Waals surface area contributed by atoms with Crippen molar-refractivity contribution in [3.05, 3.63) is 89.5 Å². The molecule has 0 heterocycles. The average molecular weight is 373 g/mol. The molecule has 0 aliphatic rings. The third-order valence-electron chi connectivity index (χ3n) is 5.20. The monoisotopic (exact) mass is 372 g/mol. The first-order valence-electron chi connectivity index (χ1n) is 10.1. The second-order valence-corrected chi connectivity index (χ2v) is 7.28. The van der Waals surface area contributed by atoms with Gasteiger partial charge in [-0.15, -0.1) is 0 Å². The maximum absolute atomic E-state index is 12.4. The van der Waals surface area contributed by atoms with Crippen LogP contribution in [0.5, 0.6) is 5.75 Å². The standard InChI is InChI=1S/C26H28O2/c1-4-6-19(3)21-9-11-22(12-10-21)23-13-15-24(16-14-23)26(27)28-25-17-7-20(5-2)8-18-25/h7-19H,4-6H2,1-3H3. The fourth-order valence-corrected chi connectivity index (χ4v) is 3.36. The number of hydrogen-bond acceptors (Lipinski definition) is 2. The molecular weight excluding hydrogens is 344 g/mol. The highest BCUT2D eigenvalue weighted by Crippen LogP contribution is 2.25. The zero-order valence-corrected chi connectivity index (χ0v) is 16.9. The van der Waals surface area contributed by atoms with E-state index in [1.165, 1.54) is 24.0 Å². The molecule has 28 heavy (non-hydrogen) atoms. The molecule has 0 fully saturated rings. The summed E-state index contributed by atoms with van der Waals surface area (Å²) >= 11 is 0. The fraction of sp³-hybridized carbons (Fsp3) is 0.269. The van der Waals surface area contributed by atoms with Crippen molar-refractivity contribution >= 4 is 5.97 Å². The van der Waals surface area contributed by atoms with Gasteiger partial charge in [-0.3, -0.25) is 0 Å². The van der Waals surface area contributed by atoms with Gasteiger partial charge in [-0.1, -0.05) is 75.7 Å². The van der Waals surface area contributed by atoms with Crippen molar-refractivity contribution in [2.75, 3.05) is 0 Å². The Balaban J connectivity index is 1.67. The number of benzene rings is 3. The van der Waals surface area contributed by atoms with Crippen molar-refractivity contribution < 1.29 is 9.53 Å². The molecule has 0 saturated carbocycles. The lowest BCUT2D eigenvalue weighted by molar-refractivity contribution is 0.0735. The molecule has 2 nitrogen and oxygen atoms in total. The van der Waals surface area contributed by atoms with E-state index in [1.807, 2.05) is 48.5 Å². The highest BCUT2D eigenvalue weighted by Gasteiger charge is 2.10. The molecule has 0 spiro atoms. The predicted octanol–water partition coefficient (Wildman–Crippen LogP) is 7.04. The zero-order chi connectivity index (χ0) is 19.9. The van der Waals surface area contributed by atoms with Crippen molar-refractivity contribution in [1.82, 2.24) is 0 Å². The molecule has 0 bridgehead atoms. The van der Waals surface area contributed by atoms with Crippen molar-refractivity contribution in [3.63, 3.8) is 0 Å². The zero-order valence-electron chi connectivity index (χ0n) is 16.9. The van der Waals surface area contributed by atoms with E-state index in [2.05, 4.69) is 45.0 Å². The van der Waals surface area contributed by atoms with Gasteiger partial charge in [0.2, 0.25) is 0 Å². The van der Waals surface area contributed by atoms with Gasteiger partial charge in [-0.2, -0.15) is 0 Å². The van der Waals surface area contributed by atoms with Crippen LogP contribution in [0, 0.1) is 0 Å². The first-order valence-corrected chi connectivity index (χ1v) is 10.1. The Morgan fingerprint density at radius 1 is 0.821 bits per heavy atom. The molecule has 144 valence electrons. The second kappa shape index (κ2) is 9.36. The predicted molar refractivity (Wildman–Crippen MR) is 116 cm³/mol. The number of carbonyl (C=O) groups excluding carboxylic acids is 1. The molecule has 3 aromatic rings. The van der Waals surface area contributed by atoms with Gasteiger partial charge < -0.3 is 4.74 Å². The van der Waals surface area contributed by atoms with Gasteiger partial charge in [0.05, 0.1) is 5.56 Å². The minimum atomic E-state index is -0.334. The molecule has 0 saturated heterocycles. The lowest BCUT2D eigenvalue weighted by Crippen LogP contribution is -2.08. The van der Waals surface area contributed by atoms with Gasteiger partial charge in [-0.25, -0.2) is 4.79 Å². The molecule has 0 radical (unpaired) electrons. The summed E-state index contributed by atoms with van der Waals surface area (Å²) in [6, 6.07) is 24.0. The lowest BCUT2D eigenvalue weighted by Gasteiger charge is -2.11. The van der Waals surface area contributed by atoms with Crippen LogP contribution in [0.3, 0.4) is 0 Å². The Morgan fingerprint density at radius 2 is 1.39 bits per heavy atom. The van der Waals surface area contributed by atoms with Gasteiger partial charge in [0.25, 0.3) is 0 Å². The summed E-state index contributed by atoms with van der Waals surface area (Å²) in [5, 5.41) is 0. The van der Waals surface area contributed by atoms with Crippen LogP contribution < -0.4 is 4.74 Å². The summed E-state index contributed by atoms with van der Waals surface area (Å²) < 4.78 is 5.47. The van der Waals surface area contributed by atoms with Gasteiger partial charge in [0.1, 0.15) is 5.75 Å². The quantitative estimate of drug-likeness (QED) is 0.328. The van der Waals surface area contributed by atoms with Crippen molar-refractivity contribution in [2.45, 2.75) is 46.0 Å². The van der Waals surface area contributed by atoms with E-state index in [1.54, 1.807) is 0 Å². The Bertz CT molecular complexity index is 891. The van der Waals surface area contributed by atoms with Gasteiger partial charge in [0, 0.05) is 0 Å². The third kappa shape index (κ3) is 4.89. The van der Waals surface area contributed by atoms with Crippen molar-refractivity contribution in [2.24, 2.45) is 0 Å². The third-order valence-corrected chi connectivity index (χ3v) is 5.20. The molecule has 0 aromatic heterocycles. The van der Waals surface area contributed by atoms with Gasteiger partial charge >= 0.3 is 5.97 Å². The Morgan fingerprint density at radius 3 is 1.93 bits per heavy atom. The molecular formula is C26H28O2. The van der Waals surface area contributed by atoms with Crippen LogP contribution in [0.1, 0.15) is 61.0 Å². The van der Waals surface area contributed by atoms with Crippen LogP contribution in [-0.4, -0.2) is 5.97 Å². The minimum Gasteiger partial charge on any atom is -0.423 e. The summed E-state index contributed by atoms with van der Waals surface area (Å²) in [6.07, 6.45) is 3.37. The average Bonchev–Trinajstić information content (AvgIpc) is 2.74. The molecule has 1 atom stereocenters. The number of esters is 1. The van der Waals surface area contributed by atoms with Crippen LogP contribution in [0.25, 0.3) is 11.1 Å². The summed E-state index contributed by atoms with van der Waals surface area (Å²) in [6.45, 7) is 6.59. The molecule has 0 amide bonds. The van der Waals surface area contributed by atoms with Crippen LogP contribution in [0.2, 0.25) is 0 Å². The summed E-state index contributed by atoms with van der Waals surface area (Å²) in [5.41, 5.74) is 5.40. The first kappa shape index (κ1) is 19.9. The van der Waals surface area contributed by atoms with E-state index in [0.717, 1.165) is 17.5 Å². The number of rotatable bonds is 7. The van der Waals surface area contributed by atoms with E-state index < -0.39 is 0 Å². The summed E-state index contributed by atoms with van der Waals surface area (Å²) in [5.74, 6) is 0.824. The molecule has 3 aromatic carbocycles. The number of hydrogen-bond donors (Lipinski definition) is 0. The lowest BCUT2D eigenvalue weighted by atomic mass is 9.94. The number of aryl methyl sites for hydroxylation is 1. The molecule has 3 rings (SSSR count). The van der Waals surface area contributed by atoms with Gasteiger partial charge in [-0.05, 0) is 65.3 Å². The molecule has 1 unspecified atom stereocenters. The normalized spacial score (nSPS) is 11.8. The maximum atomic E-state index is 12.4. The van der Waals surface area contributed by atoms with Crippen molar-refractivity contribution in [3.8, 4) is 16.9 Å². The van der Waals surface area contributed by atoms with Crippen LogP contribution in [0.15, 0.2) is 72.8 Å². The number of carbonyl (C=O) groups is 1. The smallest absolute Gasteiger partial charge is 0.343 e. The Labute approximate surface area is 168 Å². The van der Waals surface area contributed by atoms with E-state index in [-0.39, 0.29) is 5.97 Å². The highest BCUT2D eigenvalue weighted by molar-refractivity contribution is 5.91. The minimum absolute atomic E-state index is 0.334. The van der Waals surface area contributed by atoms with Crippen LogP contribution >= 0.6 is 0 Å². The molecule has 0 aliphatic carbocycles. The molecule has 0 aliphatic heterocycles. The Hall–Kier alpha value is -2.87.